The van der Waals surface area contributed by atoms with Crippen LogP contribution in [-0.4, -0.2) is 31.0 Å². The minimum atomic E-state index is -0.108. The second kappa shape index (κ2) is 5.37. The van der Waals surface area contributed by atoms with Gasteiger partial charge in [0.1, 0.15) is 5.56 Å². The molecule has 0 bridgehead atoms. The molecule has 1 unspecified atom stereocenters. The van der Waals surface area contributed by atoms with Crippen molar-refractivity contribution in [3.05, 3.63) is 27.7 Å². The van der Waals surface area contributed by atoms with Crippen molar-refractivity contribution in [2.24, 2.45) is 5.92 Å². The number of carbonyl (C=O) groups excluding carboxylic acids is 1. The molecule has 0 aromatic heterocycles. The van der Waals surface area contributed by atoms with E-state index in [0.717, 1.165) is 19.5 Å². The number of benzene rings is 1. The third kappa shape index (κ3) is 2.43. The first-order valence-corrected chi connectivity index (χ1v) is 6.61. The third-order valence-electron chi connectivity index (χ3n) is 3.19. The van der Waals surface area contributed by atoms with E-state index in [4.69, 9.17) is 27.9 Å². The highest BCUT2D eigenvalue weighted by Crippen LogP contribution is 2.35. The highest BCUT2D eigenvalue weighted by atomic mass is 35.5. The molecule has 0 N–H and O–H groups in total. The lowest BCUT2D eigenvalue weighted by Gasteiger charge is -2.19. The number of likely N-dealkylation sites (tertiary alicyclic amines) is 1. The summed E-state index contributed by atoms with van der Waals surface area (Å²) in [6.45, 7) is 3.64. The minimum Gasteiger partial charge on any atom is -0.494 e. The zero-order valence-electron chi connectivity index (χ0n) is 10.4. The van der Waals surface area contributed by atoms with Gasteiger partial charge in [0.05, 0.1) is 17.2 Å². The van der Waals surface area contributed by atoms with Gasteiger partial charge in [-0.3, -0.25) is 4.79 Å². The van der Waals surface area contributed by atoms with Crippen LogP contribution in [0.2, 0.25) is 10.0 Å². The van der Waals surface area contributed by atoms with Crippen LogP contribution in [0, 0.1) is 5.92 Å². The molecular formula is C13H15Cl2NO2. The lowest BCUT2D eigenvalue weighted by atomic mass is 10.1. The molecule has 1 aliphatic rings. The quantitative estimate of drug-likeness (QED) is 0.833. The Morgan fingerprint density at radius 2 is 2.06 bits per heavy atom. The number of halogens is 2. The summed E-state index contributed by atoms with van der Waals surface area (Å²) in [5, 5.41) is 0.776. The zero-order valence-corrected chi connectivity index (χ0v) is 11.9. The molecule has 1 aromatic rings. The molecule has 0 saturated carbocycles. The van der Waals surface area contributed by atoms with Gasteiger partial charge >= 0.3 is 0 Å². The van der Waals surface area contributed by atoms with Crippen molar-refractivity contribution in [1.29, 1.82) is 0 Å². The highest BCUT2D eigenvalue weighted by Gasteiger charge is 2.28. The Morgan fingerprint density at radius 1 is 1.39 bits per heavy atom. The predicted octanol–water partition coefficient (Wildman–Crippen LogP) is 3.48. The van der Waals surface area contributed by atoms with Crippen molar-refractivity contribution < 1.29 is 9.53 Å². The summed E-state index contributed by atoms with van der Waals surface area (Å²) < 4.78 is 5.20. The number of rotatable bonds is 2. The van der Waals surface area contributed by atoms with Crippen LogP contribution in [-0.2, 0) is 0 Å². The summed E-state index contributed by atoms with van der Waals surface area (Å²) in [5.74, 6) is 0.773. The number of ether oxygens (including phenoxy) is 1. The standard InChI is InChI=1S/C13H15Cl2NO2/c1-8-5-6-16(7-8)13(17)11-9(14)3-4-10(15)12(11)18-2/h3-4,8H,5-7H2,1-2H3. The molecule has 1 heterocycles. The predicted molar refractivity (Wildman–Crippen MR) is 72.7 cm³/mol. The normalized spacial score (nSPS) is 19.1. The topological polar surface area (TPSA) is 29.5 Å². The fourth-order valence-corrected chi connectivity index (χ4v) is 2.67. The van der Waals surface area contributed by atoms with Crippen molar-refractivity contribution in [3.8, 4) is 5.75 Å². The number of amides is 1. The van der Waals surface area contributed by atoms with Gasteiger partial charge in [-0.15, -0.1) is 0 Å². The Labute approximate surface area is 117 Å². The molecule has 2 rings (SSSR count). The van der Waals surface area contributed by atoms with E-state index in [2.05, 4.69) is 6.92 Å². The lowest BCUT2D eigenvalue weighted by Crippen LogP contribution is -2.29. The van der Waals surface area contributed by atoms with Gasteiger partial charge in [-0.2, -0.15) is 0 Å². The van der Waals surface area contributed by atoms with Gasteiger partial charge in [0.25, 0.3) is 5.91 Å². The Balaban J connectivity index is 2.38. The van der Waals surface area contributed by atoms with Crippen molar-refractivity contribution in [2.75, 3.05) is 20.2 Å². The number of hydrogen-bond acceptors (Lipinski definition) is 2. The summed E-state index contributed by atoms with van der Waals surface area (Å²) in [5.41, 5.74) is 0.362. The summed E-state index contributed by atoms with van der Waals surface area (Å²) in [4.78, 5) is 14.2. The van der Waals surface area contributed by atoms with E-state index in [-0.39, 0.29) is 5.91 Å². The average molecular weight is 288 g/mol. The number of carbonyl (C=O) groups is 1. The van der Waals surface area contributed by atoms with E-state index in [1.54, 1.807) is 17.0 Å². The molecule has 18 heavy (non-hydrogen) atoms. The highest BCUT2D eigenvalue weighted by molar-refractivity contribution is 6.37. The number of hydrogen-bond donors (Lipinski definition) is 0. The number of nitrogens with zero attached hydrogens (tertiary/aromatic N) is 1. The first kappa shape index (κ1) is 13.5. The minimum absolute atomic E-state index is 0.108. The molecule has 1 fully saturated rings. The van der Waals surface area contributed by atoms with Gasteiger partial charge in [-0.1, -0.05) is 30.1 Å². The lowest BCUT2D eigenvalue weighted by molar-refractivity contribution is 0.0785. The third-order valence-corrected chi connectivity index (χ3v) is 3.80. The van der Waals surface area contributed by atoms with E-state index < -0.39 is 0 Å². The van der Waals surface area contributed by atoms with Crippen LogP contribution < -0.4 is 4.74 Å². The Kier molecular flexibility index (Phi) is 4.03. The molecule has 1 amide bonds. The van der Waals surface area contributed by atoms with Crippen LogP contribution in [0.4, 0.5) is 0 Å². The monoisotopic (exact) mass is 287 g/mol. The van der Waals surface area contributed by atoms with Crippen molar-refractivity contribution >= 4 is 29.1 Å². The number of methoxy groups -OCH3 is 1. The largest absolute Gasteiger partial charge is 0.494 e. The molecule has 0 radical (unpaired) electrons. The smallest absolute Gasteiger partial charge is 0.259 e. The van der Waals surface area contributed by atoms with E-state index in [1.807, 2.05) is 0 Å². The Morgan fingerprint density at radius 3 is 2.61 bits per heavy atom. The molecule has 0 spiro atoms. The SMILES string of the molecule is COc1c(Cl)ccc(Cl)c1C(=O)N1CCC(C)C1. The van der Waals surface area contributed by atoms with Crippen LogP contribution in [0.3, 0.4) is 0 Å². The van der Waals surface area contributed by atoms with Crippen LogP contribution in [0.25, 0.3) is 0 Å². The summed E-state index contributed by atoms with van der Waals surface area (Å²) in [6, 6.07) is 3.26. The van der Waals surface area contributed by atoms with E-state index in [0.29, 0.717) is 27.3 Å². The van der Waals surface area contributed by atoms with Gasteiger partial charge in [0.15, 0.2) is 5.75 Å². The molecule has 98 valence electrons. The molecule has 1 aliphatic heterocycles. The van der Waals surface area contributed by atoms with Gasteiger partial charge in [0, 0.05) is 13.1 Å². The molecule has 0 aliphatic carbocycles. The maximum Gasteiger partial charge on any atom is 0.259 e. The maximum absolute atomic E-state index is 12.4. The van der Waals surface area contributed by atoms with Crippen LogP contribution in [0.5, 0.6) is 5.75 Å². The average Bonchev–Trinajstić information content (AvgIpc) is 2.77. The first-order valence-electron chi connectivity index (χ1n) is 5.86. The van der Waals surface area contributed by atoms with E-state index >= 15 is 0 Å². The van der Waals surface area contributed by atoms with Gasteiger partial charge in [-0.25, -0.2) is 0 Å². The van der Waals surface area contributed by atoms with Gasteiger partial charge < -0.3 is 9.64 Å². The van der Waals surface area contributed by atoms with Crippen molar-refractivity contribution in [2.45, 2.75) is 13.3 Å². The van der Waals surface area contributed by atoms with E-state index in [1.165, 1.54) is 7.11 Å². The molecule has 3 nitrogen and oxygen atoms in total. The van der Waals surface area contributed by atoms with Crippen LogP contribution in [0.1, 0.15) is 23.7 Å². The van der Waals surface area contributed by atoms with Crippen molar-refractivity contribution in [3.63, 3.8) is 0 Å². The summed E-state index contributed by atoms with van der Waals surface area (Å²) >= 11 is 12.1. The summed E-state index contributed by atoms with van der Waals surface area (Å²) in [6.07, 6.45) is 1.02. The molecule has 1 saturated heterocycles. The van der Waals surface area contributed by atoms with Crippen LogP contribution >= 0.6 is 23.2 Å². The van der Waals surface area contributed by atoms with Gasteiger partial charge in [0.2, 0.25) is 0 Å². The fourth-order valence-electron chi connectivity index (χ4n) is 2.21. The van der Waals surface area contributed by atoms with E-state index in [9.17, 15) is 4.79 Å². The van der Waals surface area contributed by atoms with Crippen LogP contribution in [0.15, 0.2) is 12.1 Å². The second-order valence-electron chi connectivity index (χ2n) is 4.58. The molecular weight excluding hydrogens is 273 g/mol. The first-order chi connectivity index (χ1) is 8.54. The zero-order chi connectivity index (χ0) is 13.3. The molecule has 5 heteroatoms. The second-order valence-corrected chi connectivity index (χ2v) is 5.40. The summed E-state index contributed by atoms with van der Waals surface area (Å²) in [7, 11) is 1.49. The Bertz CT molecular complexity index is 476. The van der Waals surface area contributed by atoms with Crippen molar-refractivity contribution in [1.82, 2.24) is 4.90 Å². The molecule has 1 aromatic carbocycles. The molecule has 1 atom stereocenters. The fraction of sp³-hybridized carbons (Fsp3) is 0.462. The Hall–Kier alpha value is -0.930. The maximum atomic E-state index is 12.4. The van der Waals surface area contributed by atoms with Gasteiger partial charge in [-0.05, 0) is 24.5 Å².